The van der Waals surface area contributed by atoms with Crippen LogP contribution in [0.2, 0.25) is 0 Å². The molecule has 12 saturated carbocycles. The molecule has 0 aromatic heterocycles. The van der Waals surface area contributed by atoms with Crippen LogP contribution in [0.5, 0.6) is 0 Å². The first-order chi connectivity index (χ1) is 57.6. The van der Waals surface area contributed by atoms with Gasteiger partial charge in [-0.25, -0.2) is 0 Å². The third-order valence-corrected chi connectivity index (χ3v) is 39.4. The summed E-state index contributed by atoms with van der Waals surface area (Å²) in [5, 5.41) is 92.9. The Morgan fingerprint density at radius 1 is 0.405 bits per heavy atom. The zero-order valence-electron chi connectivity index (χ0n) is 74.2. The molecule has 25 aliphatic rings. The van der Waals surface area contributed by atoms with Gasteiger partial charge in [-0.3, -0.25) is 53.0 Å². The van der Waals surface area contributed by atoms with Crippen LogP contribution in [0.4, 0.5) is 0 Å². The van der Waals surface area contributed by atoms with Crippen LogP contribution >= 0.6 is 0 Å². The molecule has 34 atom stereocenters. The summed E-state index contributed by atoms with van der Waals surface area (Å²) in [6, 6.07) is 5.00. The number of nitrogens with zero attached hydrogens (tertiary/aromatic N) is 2. The molecule has 2 aromatic rings. The number of aliphatic hydroxyl groups excluding tert-OH is 6. The maximum absolute atomic E-state index is 15.1. The van der Waals surface area contributed by atoms with E-state index < -0.39 is 77.1 Å². The Balaban J connectivity index is 0.572. The molecule has 24 bridgehead atoms. The van der Waals surface area contributed by atoms with Crippen LogP contribution in [-0.4, -0.2) is 174 Å². The van der Waals surface area contributed by atoms with E-state index in [0.29, 0.717) is 107 Å². The lowest BCUT2D eigenvalue weighted by molar-refractivity contribution is -0.202. The van der Waals surface area contributed by atoms with E-state index in [9.17, 15) is 69.0 Å². The van der Waals surface area contributed by atoms with Crippen LogP contribution in [0, 0.1) is 139 Å². The van der Waals surface area contributed by atoms with Crippen LogP contribution < -0.4 is 26.6 Å². The fraction of sp³-hybridized carbons (Fsp3) is 0.808. The Morgan fingerprint density at radius 2 is 0.736 bits per heavy atom. The first-order valence-electron chi connectivity index (χ1n) is 48.4. The minimum Gasteiger partial charge on any atom is -0.393 e. The normalized spacial score (nSPS) is 46.2. The lowest BCUT2D eigenvalue weighted by Crippen LogP contribution is -2.63. The largest absolute Gasteiger partial charge is 0.393 e. The Hall–Kier alpha value is -5.91. The van der Waals surface area contributed by atoms with Crippen LogP contribution in [-0.2, 0) is 24.0 Å². The van der Waals surface area contributed by atoms with Crippen LogP contribution in [0.1, 0.15) is 323 Å². The molecular weight excluding hydrogens is 1530 g/mol. The third-order valence-electron chi connectivity index (χ3n) is 39.4. The highest BCUT2D eigenvalue weighted by Crippen LogP contribution is 2.73. The highest BCUT2D eigenvalue weighted by molar-refractivity contribution is 6.33. The van der Waals surface area contributed by atoms with E-state index in [4.69, 9.17) is 0 Å². The van der Waals surface area contributed by atoms with Crippen molar-refractivity contribution in [1.29, 1.82) is 0 Å². The molecule has 22 nitrogen and oxygen atoms in total. The number of imide groups is 2. The topological polar surface area (TPSA) is 342 Å². The molecule has 666 valence electrons. The van der Waals surface area contributed by atoms with Gasteiger partial charge in [-0.05, 0) is 343 Å². The molecule has 22 heteroatoms. The number of hydrogen-bond donors (Lipinski definition) is 11. The maximum Gasteiger partial charge on any atom is 0.261 e. The zero-order valence-corrected chi connectivity index (χ0v) is 74.2. The van der Waals surface area contributed by atoms with Gasteiger partial charge in [0.2, 0.25) is 29.5 Å². The summed E-state index contributed by atoms with van der Waals surface area (Å²) >= 11 is 0. The standard InChI is InChI=1S/C99H145N7O15/c1-11-12-40-105-90(118)60-20-22-62-85-63(23-21-61(84(60)85)91(105)119)93(121)106(92(62)120)41-14-16-80(113)100-39-13-15-73-89(117)103-59-35-38-96(7)56(44-59)47-76(109)88-69-28-25-65(98(69,9)79(112)50-72(88)96)52(3)18-31-82(115)101-57-33-36-94(5)54(42-57)45-74(107)86-67-27-24-64(97(67,8)77(110)48-70(86)94)51(2)17-30-81(114)102-58-34-37-95(6)55(43-58)46-75(108)87-68-29-26-66(53(4)19-32-83(116)104-73)99(68,10)78(111)49-71(87)95/h20-23,51-59,64-79,86-88,107-112H,11-19,24-50H2,1-10H3,(H,100,113)(H,101,115)(H,102,114)(H,103,117)(H,104,116)/t51-,52-,53-,54+,55+,56+,57-,58-,59-,64-,65-,66-,67+,68+,69+,70+,71+,72+,73+,74-,75-,76-,77+,78+,79+,86+,87+,88+,94+,95+,96+,97-,98-,99-/m1/s1. The molecular formula is C99H145N7O15. The monoisotopic (exact) mass is 1670 g/mol. The Morgan fingerprint density at radius 3 is 1.09 bits per heavy atom. The number of carbonyl (C=O) groups is 9. The van der Waals surface area contributed by atoms with Gasteiger partial charge in [-0.2, -0.15) is 0 Å². The second-order valence-electron chi connectivity index (χ2n) is 44.6. The van der Waals surface area contributed by atoms with Crippen LogP contribution in [0.15, 0.2) is 24.3 Å². The molecule has 0 unspecified atom stereocenters. The highest BCUT2D eigenvalue weighted by Gasteiger charge is 2.70. The van der Waals surface area contributed by atoms with Crippen molar-refractivity contribution < 1.29 is 73.8 Å². The zero-order chi connectivity index (χ0) is 85.8. The SMILES string of the molecule is CCCCN1C(=O)c2ccc3c4c(ccc(c24)C1=O)C(=O)N(CCCC(=O)NCCC[C@@H]1NC(=O)CC[C@@H](C)[C@H]2CC[C@H]4[C@@H]5[C@H](O)C[C@@H]6C[C@@H](CC[C@]6(C)[C@H]5C[C@H](O)[C@]24C)NC(=O)CC[C@@H](C)[C@H]2CC[C@H]4[C@@H]5[C@H](O)C[C@@H]6C[C@@H](CC[C@]6(C)[C@H]5C[C@H](O)[C@]24C)NC(=O)CC[C@@H](C)[C@H]2CC[C@H]4[C@@H]5[C@H](O)C[C@@H]6C[C@@H](CC[C@]6(C)[C@H]5C[C@H](O)[C@]24C)NC1=O)C3=O. The number of nitrogens with one attached hydrogen (secondary N) is 5. The molecule has 9 amide bonds. The summed E-state index contributed by atoms with van der Waals surface area (Å²) in [6.07, 6.45) is 18.1. The van der Waals surface area contributed by atoms with E-state index in [0.717, 1.165) is 94.8 Å². The van der Waals surface area contributed by atoms with Crippen molar-refractivity contribution >= 4 is 63.9 Å². The maximum atomic E-state index is 15.1. The van der Waals surface area contributed by atoms with Crippen molar-refractivity contribution in [2.45, 2.75) is 342 Å². The average molecular weight is 1670 g/mol. The number of carbonyl (C=O) groups excluding carboxylic acids is 9. The van der Waals surface area contributed by atoms with E-state index in [1.165, 1.54) is 4.90 Å². The minimum atomic E-state index is -0.949. The minimum absolute atomic E-state index is 0.00149. The lowest BCUT2D eigenvalue weighted by atomic mass is 9.43. The Bertz CT molecular complexity index is 4290. The molecule has 23 fully saturated rings. The van der Waals surface area contributed by atoms with Gasteiger partial charge in [0.1, 0.15) is 6.04 Å². The van der Waals surface area contributed by atoms with Crippen LogP contribution in [0.25, 0.3) is 10.8 Å². The molecule has 0 spiro atoms. The van der Waals surface area contributed by atoms with Crippen molar-refractivity contribution in [3.05, 3.63) is 46.5 Å². The van der Waals surface area contributed by atoms with E-state index in [2.05, 4.69) is 88.9 Å². The molecule has 0 radical (unpaired) electrons. The van der Waals surface area contributed by atoms with Crippen molar-refractivity contribution in [1.82, 2.24) is 36.4 Å². The van der Waals surface area contributed by atoms with Crippen molar-refractivity contribution in [3.63, 3.8) is 0 Å². The second kappa shape index (κ2) is 33.1. The molecule has 11 N–H and O–H groups in total. The van der Waals surface area contributed by atoms with Gasteiger partial charge in [0.05, 0.1) is 36.6 Å². The molecule has 12 aliphatic carbocycles. The van der Waals surface area contributed by atoms with Gasteiger partial charge >= 0.3 is 0 Å². The number of rotatable bonds is 11. The molecule has 11 saturated heterocycles. The molecule has 2 aromatic carbocycles. The Kier molecular flexibility index (Phi) is 23.8. The summed E-state index contributed by atoms with van der Waals surface area (Å²) in [5.74, 6) is -0.736. The first kappa shape index (κ1) is 87.2. The number of aliphatic hydroxyl groups is 6. The molecule has 13 aliphatic heterocycles. The van der Waals surface area contributed by atoms with Gasteiger partial charge < -0.3 is 57.2 Å². The van der Waals surface area contributed by atoms with Gasteiger partial charge in [-0.1, -0.05) is 75.7 Å². The van der Waals surface area contributed by atoms with Crippen molar-refractivity contribution in [3.8, 4) is 0 Å². The highest BCUT2D eigenvalue weighted by atomic mass is 16.3. The number of amides is 9. The molecule has 13 heterocycles. The van der Waals surface area contributed by atoms with Gasteiger partial charge in [0.25, 0.3) is 23.6 Å². The van der Waals surface area contributed by atoms with E-state index in [1.54, 1.807) is 24.3 Å². The lowest BCUT2D eigenvalue weighted by Gasteiger charge is -2.64. The van der Waals surface area contributed by atoms with Gasteiger partial charge in [0.15, 0.2) is 0 Å². The average Bonchev–Trinajstić information content (AvgIpc) is 1.71. The quantitative estimate of drug-likeness (QED) is 0.0736. The number of benzene rings is 2. The van der Waals surface area contributed by atoms with Crippen LogP contribution in [0.3, 0.4) is 0 Å². The summed E-state index contributed by atoms with van der Waals surface area (Å²) in [7, 11) is 0. The summed E-state index contributed by atoms with van der Waals surface area (Å²) in [4.78, 5) is 130. The number of unbranched alkanes of at least 4 members (excludes halogenated alkanes) is 1. The fourth-order valence-corrected chi connectivity index (χ4v) is 32.7. The molecule has 121 heavy (non-hydrogen) atoms. The summed E-state index contributed by atoms with van der Waals surface area (Å²) in [6.45, 7) is 23.1. The summed E-state index contributed by atoms with van der Waals surface area (Å²) in [5.41, 5.74) is -0.762. The van der Waals surface area contributed by atoms with E-state index in [-0.39, 0.29) is 243 Å². The summed E-state index contributed by atoms with van der Waals surface area (Å²) < 4.78 is 0. The van der Waals surface area contributed by atoms with Gasteiger partial charge in [-0.15, -0.1) is 0 Å². The second-order valence-corrected chi connectivity index (χ2v) is 44.6. The third kappa shape index (κ3) is 14.4. The predicted octanol–water partition coefficient (Wildman–Crippen LogP) is 12.5. The van der Waals surface area contributed by atoms with Crippen molar-refractivity contribution in [2.75, 3.05) is 19.6 Å². The smallest absolute Gasteiger partial charge is 0.261 e. The Labute approximate surface area is 717 Å². The predicted molar refractivity (Wildman–Crippen MR) is 458 cm³/mol. The molecule has 27 rings (SSSR count). The number of hydrogen-bond acceptors (Lipinski definition) is 15. The van der Waals surface area contributed by atoms with Crippen molar-refractivity contribution in [2.24, 2.45) is 139 Å². The fourth-order valence-electron chi connectivity index (χ4n) is 32.7. The van der Waals surface area contributed by atoms with E-state index >= 15 is 4.79 Å². The van der Waals surface area contributed by atoms with E-state index in [1.807, 2.05) is 6.92 Å². The van der Waals surface area contributed by atoms with Gasteiger partial charge in [0, 0.05) is 96.5 Å². The first-order valence-corrected chi connectivity index (χ1v) is 48.4.